The highest BCUT2D eigenvalue weighted by Crippen LogP contribution is 2.17. The fourth-order valence-corrected chi connectivity index (χ4v) is 5.00. The summed E-state index contributed by atoms with van der Waals surface area (Å²) in [5.74, 6) is 0. The summed E-state index contributed by atoms with van der Waals surface area (Å²) in [6, 6.07) is 3.21. The van der Waals surface area contributed by atoms with Crippen molar-refractivity contribution in [1.29, 1.82) is 0 Å². The topological polar surface area (TPSA) is 127 Å². The van der Waals surface area contributed by atoms with Crippen LogP contribution in [0.4, 0.5) is 0 Å². The first-order valence-corrected chi connectivity index (χ1v) is 17.9. The number of aliphatic hydroxyl groups excluding tert-OH is 1. The van der Waals surface area contributed by atoms with E-state index in [1.165, 1.54) is 71.1 Å². The number of likely N-dealkylation sites (tertiary alicyclic amines) is 1. The lowest BCUT2D eigenvalue weighted by atomic mass is 9.90. The Morgan fingerprint density at radius 2 is 1.28 bits per heavy atom. The fourth-order valence-electron chi connectivity index (χ4n) is 5.00. The van der Waals surface area contributed by atoms with E-state index in [4.69, 9.17) is 16.6 Å². The molecule has 3 unspecified atom stereocenters. The molecule has 43 heavy (non-hydrogen) atoms. The molecule has 0 bridgehead atoms. The van der Waals surface area contributed by atoms with Crippen molar-refractivity contribution in [2.45, 2.75) is 157 Å². The van der Waals surface area contributed by atoms with Crippen LogP contribution < -0.4 is 32.7 Å². The van der Waals surface area contributed by atoms with Crippen LogP contribution >= 0.6 is 0 Å². The molecule has 1 heterocycles. The van der Waals surface area contributed by atoms with Gasteiger partial charge < -0.3 is 47.6 Å². The molecule has 1 saturated carbocycles. The number of nitrogens with one attached hydrogen (secondary N) is 4. The molecule has 9 heteroatoms. The van der Waals surface area contributed by atoms with Gasteiger partial charge in [0.05, 0.1) is 6.10 Å². The molecule has 1 aliphatic heterocycles. The van der Waals surface area contributed by atoms with Gasteiger partial charge in [0.25, 0.3) is 0 Å². The third kappa shape index (κ3) is 31.4. The maximum absolute atomic E-state index is 8.92. The number of hydrogen-bond donors (Lipinski definition) is 7. The van der Waals surface area contributed by atoms with Crippen molar-refractivity contribution in [3.8, 4) is 0 Å². The van der Waals surface area contributed by atoms with E-state index in [9.17, 15) is 0 Å². The van der Waals surface area contributed by atoms with Crippen LogP contribution in [0.25, 0.3) is 0 Å². The zero-order valence-corrected chi connectivity index (χ0v) is 30.6. The van der Waals surface area contributed by atoms with E-state index in [-0.39, 0.29) is 0 Å². The Hall–Kier alpha value is -0.360. The lowest BCUT2D eigenvalue weighted by Crippen LogP contribution is -2.49. The van der Waals surface area contributed by atoms with Gasteiger partial charge in [-0.1, -0.05) is 88.5 Å². The number of piperidine rings is 1. The first-order valence-electron chi connectivity index (χ1n) is 17.9. The minimum Gasteiger partial charge on any atom is -0.390 e. The minimum atomic E-state index is -0.396. The Balaban J connectivity index is 0. The third-order valence-corrected chi connectivity index (χ3v) is 7.70. The van der Waals surface area contributed by atoms with Crippen molar-refractivity contribution in [3.63, 3.8) is 0 Å². The second kappa shape index (κ2) is 30.3. The highest BCUT2D eigenvalue weighted by molar-refractivity contribution is 4.84. The molecule has 0 spiro atoms. The molecule has 2 rings (SSSR count). The van der Waals surface area contributed by atoms with E-state index in [1.54, 1.807) is 0 Å². The van der Waals surface area contributed by atoms with Crippen molar-refractivity contribution in [2.75, 3.05) is 65.4 Å². The lowest BCUT2D eigenvalue weighted by molar-refractivity contribution is 0.176. The number of hydrogen-bond acceptors (Lipinski definition) is 9. The maximum atomic E-state index is 8.92. The van der Waals surface area contributed by atoms with E-state index in [0.29, 0.717) is 49.3 Å². The molecule has 1 aliphatic carbocycles. The van der Waals surface area contributed by atoms with Crippen LogP contribution in [0.1, 0.15) is 114 Å². The summed E-state index contributed by atoms with van der Waals surface area (Å²) in [5.41, 5.74) is 11.1. The van der Waals surface area contributed by atoms with Gasteiger partial charge in [0.15, 0.2) is 0 Å². The predicted molar refractivity (Wildman–Crippen MR) is 191 cm³/mol. The summed E-state index contributed by atoms with van der Waals surface area (Å²) in [5, 5.41) is 22.3. The van der Waals surface area contributed by atoms with E-state index in [2.05, 4.69) is 86.5 Å². The monoisotopic (exact) mass is 617 g/mol. The summed E-state index contributed by atoms with van der Waals surface area (Å²) >= 11 is 0. The molecule has 0 radical (unpaired) electrons. The first kappa shape index (κ1) is 44.8. The quantitative estimate of drug-likeness (QED) is 0.140. The summed E-state index contributed by atoms with van der Waals surface area (Å²) < 4.78 is 0. The van der Waals surface area contributed by atoms with Gasteiger partial charge in [-0.15, -0.1) is 0 Å². The van der Waals surface area contributed by atoms with E-state index in [0.717, 1.165) is 26.2 Å². The normalized spacial score (nSPS) is 20.0. The molecule has 2 fully saturated rings. The summed E-state index contributed by atoms with van der Waals surface area (Å²) in [6.07, 6.45) is 8.98. The smallest absolute Gasteiger partial charge is 0.0786 e. The SMILES string of the molecule is CC(C)NC1CCCCC1N.CC(C)NCC(O)CN.CC(C)NCCN1CCCCC1.CCN(CC)CCNC(C)C. The second-order valence-electron chi connectivity index (χ2n) is 13.5. The van der Waals surface area contributed by atoms with Gasteiger partial charge in [-0.3, -0.25) is 0 Å². The Morgan fingerprint density at radius 3 is 1.74 bits per heavy atom. The van der Waals surface area contributed by atoms with Crippen LogP contribution in [0.2, 0.25) is 0 Å². The number of likely N-dealkylation sites (N-methyl/N-ethyl adjacent to an activating group) is 1. The van der Waals surface area contributed by atoms with Gasteiger partial charge in [-0.05, 0) is 51.9 Å². The standard InChI is InChI=1S/C10H22N2.C9H20N2.C9H22N2.C6H16N2O/c1-10(2)11-6-9-12-7-4-3-5-8-12;1-7(2)11-9-6-4-3-5-8(9)10;1-5-11(6-2)8-7-10-9(3)4;1-5(2)8-4-6(9)3-7/h10-11H,3-9H2,1-2H3;7-9,11H,3-6,10H2,1-2H3;9-10H,5-8H2,1-4H3;5-6,8-9H,3-4,7H2,1-2H3. The highest BCUT2D eigenvalue weighted by atomic mass is 16.3. The minimum absolute atomic E-state index is 0.333. The van der Waals surface area contributed by atoms with E-state index in [1.807, 2.05) is 13.8 Å². The Morgan fingerprint density at radius 1 is 0.744 bits per heavy atom. The lowest BCUT2D eigenvalue weighted by Gasteiger charge is -2.30. The molecule has 0 aromatic rings. The van der Waals surface area contributed by atoms with Crippen LogP contribution in [0, 0.1) is 0 Å². The number of nitrogens with two attached hydrogens (primary N) is 2. The van der Waals surface area contributed by atoms with Crippen molar-refractivity contribution in [1.82, 2.24) is 31.1 Å². The molecular formula is C34H80N8O. The zero-order chi connectivity index (χ0) is 33.0. The first-order chi connectivity index (χ1) is 20.4. The largest absolute Gasteiger partial charge is 0.390 e. The average Bonchev–Trinajstić information content (AvgIpc) is 2.96. The number of rotatable bonds is 16. The maximum Gasteiger partial charge on any atom is 0.0786 e. The van der Waals surface area contributed by atoms with Crippen LogP contribution in [-0.2, 0) is 0 Å². The van der Waals surface area contributed by atoms with Gasteiger partial charge in [0.1, 0.15) is 0 Å². The summed E-state index contributed by atoms with van der Waals surface area (Å²) in [6.45, 7) is 32.2. The molecule has 2 aliphatic rings. The van der Waals surface area contributed by atoms with Gasteiger partial charge in [0, 0.05) is 75.5 Å². The Labute approximate surface area is 269 Å². The van der Waals surface area contributed by atoms with Crippen molar-refractivity contribution < 1.29 is 5.11 Å². The Bertz CT molecular complexity index is 555. The highest BCUT2D eigenvalue weighted by Gasteiger charge is 2.21. The van der Waals surface area contributed by atoms with E-state index < -0.39 is 6.10 Å². The molecule has 9 nitrogen and oxygen atoms in total. The zero-order valence-electron chi connectivity index (χ0n) is 30.6. The van der Waals surface area contributed by atoms with Gasteiger partial charge >= 0.3 is 0 Å². The number of nitrogens with zero attached hydrogens (tertiary/aromatic N) is 2. The summed E-state index contributed by atoms with van der Waals surface area (Å²) in [7, 11) is 0. The number of aliphatic hydroxyl groups is 1. The van der Waals surface area contributed by atoms with Crippen LogP contribution in [0.5, 0.6) is 0 Å². The van der Waals surface area contributed by atoms with Crippen LogP contribution in [0.3, 0.4) is 0 Å². The predicted octanol–water partition coefficient (Wildman–Crippen LogP) is 3.35. The van der Waals surface area contributed by atoms with Gasteiger partial charge in [-0.25, -0.2) is 0 Å². The molecule has 262 valence electrons. The second-order valence-corrected chi connectivity index (χ2v) is 13.5. The average molecular weight is 617 g/mol. The molecule has 3 atom stereocenters. The van der Waals surface area contributed by atoms with Crippen LogP contribution in [0.15, 0.2) is 0 Å². The van der Waals surface area contributed by atoms with Gasteiger partial charge in [0.2, 0.25) is 0 Å². The Kier molecular flexibility index (Phi) is 31.5. The molecule has 0 amide bonds. The molecular weight excluding hydrogens is 536 g/mol. The van der Waals surface area contributed by atoms with Crippen molar-refractivity contribution in [3.05, 3.63) is 0 Å². The molecule has 9 N–H and O–H groups in total. The third-order valence-electron chi connectivity index (χ3n) is 7.70. The molecule has 0 aromatic carbocycles. The van der Waals surface area contributed by atoms with Crippen molar-refractivity contribution in [2.24, 2.45) is 11.5 Å². The molecule has 0 aromatic heterocycles. The fraction of sp³-hybridized carbons (Fsp3) is 1.00. The van der Waals surface area contributed by atoms with Crippen LogP contribution in [-0.4, -0.2) is 123 Å². The summed E-state index contributed by atoms with van der Waals surface area (Å²) in [4.78, 5) is 4.99. The van der Waals surface area contributed by atoms with Crippen molar-refractivity contribution >= 4 is 0 Å². The van der Waals surface area contributed by atoms with E-state index >= 15 is 0 Å². The molecule has 1 saturated heterocycles. The van der Waals surface area contributed by atoms with Gasteiger partial charge in [-0.2, -0.15) is 0 Å².